The van der Waals surface area contributed by atoms with E-state index in [1.807, 2.05) is 41.0 Å². The zero-order valence-corrected chi connectivity index (χ0v) is 19.8. The van der Waals surface area contributed by atoms with Crippen LogP contribution >= 0.6 is 0 Å². The number of carbonyl (C=O) groups is 2. The van der Waals surface area contributed by atoms with Crippen LogP contribution in [0.2, 0.25) is 0 Å². The summed E-state index contributed by atoms with van der Waals surface area (Å²) in [6, 6.07) is 15.8. The third kappa shape index (κ3) is 4.46. The van der Waals surface area contributed by atoms with Crippen LogP contribution in [0.5, 0.6) is 0 Å². The molecule has 6 nitrogen and oxygen atoms in total. The average Bonchev–Trinajstić information content (AvgIpc) is 3.23. The molecule has 0 radical (unpaired) electrons. The summed E-state index contributed by atoms with van der Waals surface area (Å²) in [5, 5.41) is 0. The molecule has 2 saturated carbocycles. The van der Waals surface area contributed by atoms with Gasteiger partial charge in [0.15, 0.2) is 0 Å². The second-order valence-corrected chi connectivity index (χ2v) is 9.80. The lowest BCUT2D eigenvalue weighted by Crippen LogP contribution is -2.50. The van der Waals surface area contributed by atoms with Gasteiger partial charge in [-0.2, -0.15) is 0 Å². The van der Waals surface area contributed by atoms with Crippen molar-refractivity contribution in [1.82, 2.24) is 14.5 Å². The summed E-state index contributed by atoms with van der Waals surface area (Å²) in [5.74, 6) is 0.294. The molecule has 0 spiro atoms. The van der Waals surface area contributed by atoms with Gasteiger partial charge in [-0.05, 0) is 43.9 Å². The molecule has 2 fully saturated rings. The lowest BCUT2D eigenvalue weighted by atomic mass is 9.88. The van der Waals surface area contributed by atoms with Crippen LogP contribution in [0.15, 0.2) is 48.5 Å². The van der Waals surface area contributed by atoms with Crippen molar-refractivity contribution in [1.29, 1.82) is 0 Å². The maximum Gasteiger partial charge on any atom is 0.249 e. The van der Waals surface area contributed by atoms with E-state index in [0.29, 0.717) is 29.0 Å². The van der Waals surface area contributed by atoms with E-state index in [-0.39, 0.29) is 12.5 Å². The van der Waals surface area contributed by atoms with Crippen molar-refractivity contribution in [2.45, 2.75) is 82.8 Å². The van der Waals surface area contributed by atoms with Crippen LogP contribution < -0.4 is 5.73 Å². The lowest BCUT2D eigenvalue weighted by molar-refractivity contribution is -0.138. The summed E-state index contributed by atoms with van der Waals surface area (Å²) in [4.78, 5) is 33.3. The zero-order valence-electron chi connectivity index (χ0n) is 19.8. The van der Waals surface area contributed by atoms with E-state index in [1.165, 1.54) is 38.5 Å². The first-order chi connectivity index (χ1) is 16.6. The predicted molar refractivity (Wildman–Crippen MR) is 134 cm³/mol. The minimum absolute atomic E-state index is 0.166. The fourth-order valence-corrected chi connectivity index (χ4v) is 5.97. The van der Waals surface area contributed by atoms with Crippen molar-refractivity contribution >= 4 is 22.8 Å². The Bertz CT molecular complexity index is 1150. The molecule has 1 heterocycles. The van der Waals surface area contributed by atoms with Gasteiger partial charge < -0.3 is 15.2 Å². The number of benzene rings is 2. The van der Waals surface area contributed by atoms with E-state index in [0.717, 1.165) is 36.7 Å². The normalized spacial score (nSPS) is 17.6. The van der Waals surface area contributed by atoms with Gasteiger partial charge in [-0.3, -0.25) is 9.59 Å². The van der Waals surface area contributed by atoms with E-state index in [1.54, 1.807) is 12.1 Å². The largest absolute Gasteiger partial charge is 0.366 e. The highest BCUT2D eigenvalue weighted by atomic mass is 16.2. The molecule has 0 aliphatic heterocycles. The number of rotatable bonds is 6. The van der Waals surface area contributed by atoms with E-state index in [2.05, 4.69) is 4.90 Å². The number of imidazole rings is 1. The Morgan fingerprint density at radius 2 is 1.44 bits per heavy atom. The number of fused-ring (bicyclic) bond motifs is 1. The standard InChI is InChI=1S/C28H34N4O2/c29-27(34)22-15-7-8-16-23(22)28-30-24-17-9-10-18-25(24)31(28)19-26(33)32(20-11-3-1-4-12-20)21-13-5-2-6-14-21/h7-10,15-18,20-21H,1-6,11-14,19H2,(H2,29,34). The minimum Gasteiger partial charge on any atom is -0.366 e. The highest BCUT2D eigenvalue weighted by Gasteiger charge is 2.33. The Balaban J connectivity index is 1.55. The lowest BCUT2D eigenvalue weighted by Gasteiger charge is -2.42. The first-order valence-electron chi connectivity index (χ1n) is 12.8. The quantitative estimate of drug-likeness (QED) is 0.544. The summed E-state index contributed by atoms with van der Waals surface area (Å²) in [7, 11) is 0. The Hall–Kier alpha value is -3.15. The molecule has 0 saturated heterocycles. The maximum absolute atomic E-state index is 14.0. The van der Waals surface area contributed by atoms with E-state index >= 15 is 0 Å². The second kappa shape index (κ2) is 10.00. The molecule has 5 rings (SSSR count). The smallest absolute Gasteiger partial charge is 0.249 e. The molecule has 2 aliphatic rings. The summed E-state index contributed by atoms with van der Waals surface area (Å²) in [5.41, 5.74) is 8.49. The van der Waals surface area contributed by atoms with Gasteiger partial charge in [0.05, 0.1) is 16.6 Å². The van der Waals surface area contributed by atoms with E-state index < -0.39 is 5.91 Å². The van der Waals surface area contributed by atoms with Gasteiger partial charge in [0.25, 0.3) is 0 Å². The number of nitrogens with zero attached hydrogens (tertiary/aromatic N) is 3. The number of aromatic nitrogens is 2. The first-order valence-corrected chi connectivity index (χ1v) is 12.8. The molecule has 0 atom stereocenters. The van der Waals surface area contributed by atoms with Crippen LogP contribution in [0.25, 0.3) is 22.4 Å². The average molecular weight is 459 g/mol. The van der Waals surface area contributed by atoms with Crippen molar-refractivity contribution in [2.75, 3.05) is 0 Å². The fourth-order valence-electron chi connectivity index (χ4n) is 5.97. The molecule has 2 aliphatic carbocycles. The zero-order chi connectivity index (χ0) is 23.5. The maximum atomic E-state index is 14.0. The number of primary amides is 1. The number of carbonyl (C=O) groups excluding carboxylic acids is 2. The van der Waals surface area contributed by atoms with Gasteiger partial charge in [0.1, 0.15) is 12.4 Å². The van der Waals surface area contributed by atoms with E-state index in [9.17, 15) is 9.59 Å². The molecule has 0 unspecified atom stereocenters. The number of amides is 2. The molecule has 34 heavy (non-hydrogen) atoms. The highest BCUT2D eigenvalue weighted by molar-refractivity contribution is 6.00. The van der Waals surface area contributed by atoms with Crippen LogP contribution in [0.1, 0.15) is 74.6 Å². The monoisotopic (exact) mass is 458 g/mol. The third-order valence-corrected chi connectivity index (χ3v) is 7.61. The molecule has 178 valence electrons. The minimum atomic E-state index is -0.494. The van der Waals surface area contributed by atoms with Crippen molar-refractivity contribution in [2.24, 2.45) is 5.73 Å². The summed E-state index contributed by atoms with van der Waals surface area (Å²) < 4.78 is 1.98. The molecular formula is C28H34N4O2. The van der Waals surface area contributed by atoms with Gasteiger partial charge in [0.2, 0.25) is 11.8 Å². The number of nitrogens with two attached hydrogens (primary N) is 1. The first kappa shape index (κ1) is 22.6. The second-order valence-electron chi connectivity index (χ2n) is 9.80. The van der Waals surface area contributed by atoms with Gasteiger partial charge in [-0.15, -0.1) is 0 Å². The van der Waals surface area contributed by atoms with E-state index in [4.69, 9.17) is 10.7 Å². The molecule has 1 aromatic heterocycles. The number of hydrogen-bond donors (Lipinski definition) is 1. The molecule has 2 amide bonds. The highest BCUT2D eigenvalue weighted by Crippen LogP contribution is 2.32. The molecule has 0 bridgehead atoms. The van der Waals surface area contributed by atoms with Crippen molar-refractivity contribution in [3.63, 3.8) is 0 Å². The Morgan fingerprint density at radius 3 is 2.09 bits per heavy atom. The van der Waals surface area contributed by atoms with Crippen molar-refractivity contribution in [3.05, 3.63) is 54.1 Å². The predicted octanol–water partition coefficient (Wildman–Crippen LogP) is 5.30. The summed E-state index contributed by atoms with van der Waals surface area (Å²) in [6.07, 6.45) is 11.7. The van der Waals surface area contributed by atoms with Crippen LogP contribution in [-0.4, -0.2) is 38.3 Å². The van der Waals surface area contributed by atoms with Gasteiger partial charge in [-0.1, -0.05) is 68.9 Å². The van der Waals surface area contributed by atoms with Crippen LogP contribution in [0.4, 0.5) is 0 Å². The van der Waals surface area contributed by atoms with Crippen LogP contribution in [0.3, 0.4) is 0 Å². The Kier molecular flexibility index (Phi) is 6.66. The van der Waals surface area contributed by atoms with Gasteiger partial charge >= 0.3 is 0 Å². The molecule has 6 heteroatoms. The third-order valence-electron chi connectivity index (χ3n) is 7.61. The topological polar surface area (TPSA) is 81.2 Å². The Morgan fingerprint density at radius 1 is 0.853 bits per heavy atom. The van der Waals surface area contributed by atoms with Crippen LogP contribution in [0, 0.1) is 0 Å². The van der Waals surface area contributed by atoms with Gasteiger partial charge in [0, 0.05) is 17.6 Å². The van der Waals surface area contributed by atoms with Crippen molar-refractivity contribution in [3.8, 4) is 11.4 Å². The SMILES string of the molecule is NC(=O)c1ccccc1-c1nc2ccccc2n1CC(=O)N(C1CCCCC1)C1CCCCC1. The number of para-hydroxylation sites is 2. The molecule has 2 aromatic carbocycles. The summed E-state index contributed by atoms with van der Waals surface area (Å²) in [6.45, 7) is 0.218. The van der Waals surface area contributed by atoms with Gasteiger partial charge in [-0.25, -0.2) is 4.98 Å². The molecular weight excluding hydrogens is 424 g/mol. The molecule has 2 N–H and O–H groups in total. The van der Waals surface area contributed by atoms with Crippen molar-refractivity contribution < 1.29 is 9.59 Å². The Labute approximate surface area is 201 Å². The number of hydrogen-bond acceptors (Lipinski definition) is 3. The van der Waals surface area contributed by atoms with Crippen LogP contribution in [-0.2, 0) is 11.3 Å². The fraction of sp³-hybridized carbons (Fsp3) is 0.464. The molecule has 3 aromatic rings. The summed E-state index contributed by atoms with van der Waals surface area (Å²) >= 11 is 0.